The maximum Gasteiger partial charge on any atom is 0.119 e. The fourth-order valence-electron chi connectivity index (χ4n) is 2.50. The van der Waals surface area contributed by atoms with Crippen molar-refractivity contribution in [3.05, 3.63) is 58.7 Å². The Kier molecular flexibility index (Phi) is 4.33. The van der Waals surface area contributed by atoms with E-state index >= 15 is 0 Å². The molecule has 2 rings (SSSR count). The zero-order valence-electron chi connectivity index (χ0n) is 12.9. The van der Waals surface area contributed by atoms with Crippen LogP contribution in [0.15, 0.2) is 36.4 Å². The van der Waals surface area contributed by atoms with E-state index in [0.29, 0.717) is 0 Å². The third-order valence-electron chi connectivity index (χ3n) is 3.55. The molecule has 0 fully saturated rings. The molecule has 0 aliphatic rings. The van der Waals surface area contributed by atoms with Crippen molar-refractivity contribution in [3.8, 4) is 5.75 Å². The van der Waals surface area contributed by atoms with Gasteiger partial charge in [0.1, 0.15) is 5.75 Å². The summed E-state index contributed by atoms with van der Waals surface area (Å²) in [6.45, 7) is 8.57. The summed E-state index contributed by atoms with van der Waals surface area (Å²) in [5.74, 6) is 0.895. The molecule has 2 heteroatoms. The summed E-state index contributed by atoms with van der Waals surface area (Å²) in [4.78, 5) is 0. The average molecular weight is 269 g/mol. The lowest BCUT2D eigenvalue weighted by Crippen LogP contribution is -2.08. The Morgan fingerprint density at radius 2 is 1.60 bits per heavy atom. The van der Waals surface area contributed by atoms with Crippen molar-refractivity contribution in [1.82, 2.24) is 0 Å². The van der Waals surface area contributed by atoms with Gasteiger partial charge in [-0.2, -0.15) is 0 Å². The van der Waals surface area contributed by atoms with Crippen LogP contribution < -0.4 is 10.1 Å². The standard InChI is InChI=1S/C18H23NO/c1-12-8-13(2)10-16(9-12)15(4)19-18-7-6-17(20-5)11-14(18)3/h6-11,15,19H,1-5H3. The SMILES string of the molecule is COc1ccc(NC(C)c2cc(C)cc(C)c2)c(C)c1. The summed E-state index contributed by atoms with van der Waals surface area (Å²) in [6, 6.07) is 13.1. The van der Waals surface area contributed by atoms with E-state index in [-0.39, 0.29) is 6.04 Å². The second-order valence-electron chi connectivity index (χ2n) is 5.47. The van der Waals surface area contributed by atoms with Crippen molar-refractivity contribution >= 4 is 5.69 Å². The number of benzene rings is 2. The average Bonchev–Trinajstić information content (AvgIpc) is 2.39. The Morgan fingerprint density at radius 1 is 0.950 bits per heavy atom. The third kappa shape index (κ3) is 3.32. The molecule has 0 aliphatic heterocycles. The fourth-order valence-corrected chi connectivity index (χ4v) is 2.50. The molecular weight excluding hydrogens is 246 g/mol. The lowest BCUT2D eigenvalue weighted by Gasteiger charge is -2.19. The van der Waals surface area contributed by atoms with E-state index in [0.717, 1.165) is 11.4 Å². The van der Waals surface area contributed by atoms with E-state index in [1.54, 1.807) is 7.11 Å². The summed E-state index contributed by atoms with van der Waals surface area (Å²) >= 11 is 0. The number of ether oxygens (including phenoxy) is 1. The van der Waals surface area contributed by atoms with Gasteiger partial charge in [-0.15, -0.1) is 0 Å². The highest BCUT2D eigenvalue weighted by Gasteiger charge is 2.08. The fraction of sp³-hybridized carbons (Fsp3) is 0.333. The van der Waals surface area contributed by atoms with Gasteiger partial charge in [0.05, 0.1) is 7.11 Å². The normalized spacial score (nSPS) is 12.1. The minimum Gasteiger partial charge on any atom is -0.497 e. The number of hydrogen-bond donors (Lipinski definition) is 1. The van der Waals surface area contributed by atoms with E-state index in [2.05, 4.69) is 63.3 Å². The van der Waals surface area contributed by atoms with Gasteiger partial charge in [0.25, 0.3) is 0 Å². The summed E-state index contributed by atoms with van der Waals surface area (Å²) in [5, 5.41) is 3.58. The monoisotopic (exact) mass is 269 g/mol. The molecule has 1 unspecified atom stereocenters. The molecule has 0 aromatic heterocycles. The van der Waals surface area contributed by atoms with E-state index < -0.39 is 0 Å². The van der Waals surface area contributed by atoms with Crippen molar-refractivity contribution in [1.29, 1.82) is 0 Å². The number of hydrogen-bond acceptors (Lipinski definition) is 2. The zero-order valence-corrected chi connectivity index (χ0v) is 12.9. The number of anilines is 1. The highest BCUT2D eigenvalue weighted by Crippen LogP contribution is 2.26. The number of methoxy groups -OCH3 is 1. The molecule has 2 nitrogen and oxygen atoms in total. The summed E-state index contributed by atoms with van der Waals surface area (Å²) < 4.78 is 5.24. The van der Waals surface area contributed by atoms with Gasteiger partial charge in [-0.3, -0.25) is 0 Å². The van der Waals surface area contributed by atoms with Crippen LogP contribution in [0, 0.1) is 20.8 Å². The van der Waals surface area contributed by atoms with Crippen molar-refractivity contribution in [2.45, 2.75) is 33.7 Å². The second-order valence-corrected chi connectivity index (χ2v) is 5.47. The first-order valence-electron chi connectivity index (χ1n) is 6.99. The van der Waals surface area contributed by atoms with Crippen LogP contribution in [0.3, 0.4) is 0 Å². The van der Waals surface area contributed by atoms with E-state index in [9.17, 15) is 0 Å². The molecule has 0 saturated heterocycles. The Labute approximate surface area is 121 Å². The van der Waals surface area contributed by atoms with Gasteiger partial charge < -0.3 is 10.1 Å². The van der Waals surface area contributed by atoms with Crippen molar-refractivity contribution < 1.29 is 4.74 Å². The van der Waals surface area contributed by atoms with Gasteiger partial charge in [-0.05, 0) is 57.0 Å². The number of rotatable bonds is 4. The minimum atomic E-state index is 0.278. The topological polar surface area (TPSA) is 21.3 Å². The van der Waals surface area contributed by atoms with Crippen molar-refractivity contribution in [3.63, 3.8) is 0 Å². The highest BCUT2D eigenvalue weighted by atomic mass is 16.5. The maximum atomic E-state index is 5.24. The second kappa shape index (κ2) is 6.00. The van der Waals surface area contributed by atoms with Crippen LogP contribution in [0.25, 0.3) is 0 Å². The smallest absolute Gasteiger partial charge is 0.119 e. The summed E-state index contributed by atoms with van der Waals surface area (Å²) in [5.41, 5.74) is 6.27. The molecule has 0 amide bonds. The molecule has 2 aromatic rings. The Hall–Kier alpha value is -1.96. The lowest BCUT2D eigenvalue weighted by molar-refractivity contribution is 0.414. The summed E-state index contributed by atoms with van der Waals surface area (Å²) in [7, 11) is 1.69. The van der Waals surface area contributed by atoms with Crippen molar-refractivity contribution in [2.75, 3.05) is 12.4 Å². The molecule has 1 N–H and O–H groups in total. The van der Waals surface area contributed by atoms with E-state index in [4.69, 9.17) is 4.74 Å². The number of aryl methyl sites for hydroxylation is 3. The van der Waals surface area contributed by atoms with Gasteiger partial charge in [-0.25, -0.2) is 0 Å². The molecule has 1 atom stereocenters. The van der Waals surface area contributed by atoms with Gasteiger partial charge in [-0.1, -0.05) is 29.3 Å². The summed E-state index contributed by atoms with van der Waals surface area (Å²) in [6.07, 6.45) is 0. The molecule has 0 spiro atoms. The zero-order chi connectivity index (χ0) is 14.7. The minimum absolute atomic E-state index is 0.278. The molecule has 0 bridgehead atoms. The Bertz CT molecular complexity index is 584. The van der Waals surface area contributed by atoms with Crippen LogP contribution in [0.4, 0.5) is 5.69 Å². The van der Waals surface area contributed by atoms with Crippen LogP contribution in [0.2, 0.25) is 0 Å². The first kappa shape index (κ1) is 14.4. The lowest BCUT2D eigenvalue weighted by atomic mass is 10.0. The molecule has 0 saturated carbocycles. The van der Waals surface area contributed by atoms with Gasteiger partial charge >= 0.3 is 0 Å². The predicted molar refractivity (Wildman–Crippen MR) is 85.7 cm³/mol. The third-order valence-corrected chi connectivity index (χ3v) is 3.55. The maximum absolute atomic E-state index is 5.24. The Morgan fingerprint density at radius 3 is 2.15 bits per heavy atom. The molecule has 2 aromatic carbocycles. The van der Waals surface area contributed by atoms with Crippen LogP contribution >= 0.6 is 0 Å². The molecule has 20 heavy (non-hydrogen) atoms. The van der Waals surface area contributed by atoms with Crippen molar-refractivity contribution in [2.24, 2.45) is 0 Å². The largest absolute Gasteiger partial charge is 0.497 e. The molecule has 0 heterocycles. The highest BCUT2D eigenvalue weighted by molar-refractivity contribution is 5.55. The Balaban J connectivity index is 2.20. The van der Waals surface area contributed by atoms with Crippen LogP contribution in [-0.4, -0.2) is 7.11 Å². The first-order chi connectivity index (χ1) is 9.49. The van der Waals surface area contributed by atoms with Crippen LogP contribution in [0.1, 0.15) is 35.2 Å². The van der Waals surface area contributed by atoms with Gasteiger partial charge in [0, 0.05) is 11.7 Å². The molecular formula is C18H23NO. The first-order valence-corrected chi connectivity index (χ1v) is 6.99. The van der Waals surface area contributed by atoms with Gasteiger partial charge in [0.15, 0.2) is 0 Å². The predicted octanol–water partition coefficient (Wildman–Crippen LogP) is 4.79. The van der Waals surface area contributed by atoms with Crippen LogP contribution in [0.5, 0.6) is 5.75 Å². The quantitative estimate of drug-likeness (QED) is 0.861. The van der Waals surface area contributed by atoms with E-state index in [1.165, 1.54) is 22.3 Å². The van der Waals surface area contributed by atoms with E-state index in [1.807, 2.05) is 6.07 Å². The molecule has 0 aliphatic carbocycles. The van der Waals surface area contributed by atoms with Crippen LogP contribution in [-0.2, 0) is 0 Å². The van der Waals surface area contributed by atoms with Gasteiger partial charge in [0.2, 0.25) is 0 Å². The molecule has 0 radical (unpaired) electrons. The molecule has 106 valence electrons. The number of nitrogens with one attached hydrogen (secondary N) is 1.